The molecular formula is C21H22FNO4. The summed E-state index contributed by atoms with van der Waals surface area (Å²) < 4.78 is 23.5. The summed E-state index contributed by atoms with van der Waals surface area (Å²) in [6.07, 6.45) is 1.45. The van der Waals surface area contributed by atoms with E-state index in [1.54, 1.807) is 23.1 Å². The molecule has 1 aliphatic heterocycles. The van der Waals surface area contributed by atoms with Crippen molar-refractivity contribution in [2.75, 3.05) is 27.3 Å². The van der Waals surface area contributed by atoms with Gasteiger partial charge in [0.05, 0.1) is 14.2 Å². The van der Waals surface area contributed by atoms with E-state index in [0.717, 1.165) is 6.42 Å². The molecule has 0 spiro atoms. The molecule has 1 fully saturated rings. The van der Waals surface area contributed by atoms with Crippen LogP contribution in [-0.4, -0.2) is 43.9 Å². The van der Waals surface area contributed by atoms with Gasteiger partial charge in [0.15, 0.2) is 5.78 Å². The van der Waals surface area contributed by atoms with Gasteiger partial charge in [-0.1, -0.05) is 0 Å². The monoisotopic (exact) mass is 371 g/mol. The molecule has 3 rings (SSSR count). The van der Waals surface area contributed by atoms with E-state index in [4.69, 9.17) is 9.47 Å². The standard InChI is InChI=1S/C21H22FNO4/c1-26-18-10-16(11-19(12-18)27-2)21(25)23-9-3-4-15(13-23)20(24)14-5-7-17(22)8-6-14/h5-8,10-12,15H,3-4,9,13H2,1-2H3. The Morgan fingerprint density at radius 3 is 2.22 bits per heavy atom. The smallest absolute Gasteiger partial charge is 0.254 e. The number of hydrogen-bond donors (Lipinski definition) is 0. The number of amides is 1. The van der Waals surface area contributed by atoms with Gasteiger partial charge >= 0.3 is 0 Å². The van der Waals surface area contributed by atoms with E-state index < -0.39 is 0 Å². The zero-order valence-corrected chi connectivity index (χ0v) is 15.4. The van der Waals surface area contributed by atoms with Crippen LogP contribution in [0.25, 0.3) is 0 Å². The third-order valence-corrected chi connectivity index (χ3v) is 4.81. The van der Waals surface area contributed by atoms with Crippen LogP contribution < -0.4 is 9.47 Å². The highest BCUT2D eigenvalue weighted by atomic mass is 19.1. The summed E-state index contributed by atoms with van der Waals surface area (Å²) in [6.45, 7) is 0.931. The number of nitrogens with zero attached hydrogens (tertiary/aromatic N) is 1. The number of likely N-dealkylation sites (tertiary alicyclic amines) is 1. The zero-order valence-electron chi connectivity index (χ0n) is 15.4. The van der Waals surface area contributed by atoms with Gasteiger partial charge in [0.1, 0.15) is 17.3 Å². The normalized spacial score (nSPS) is 16.7. The van der Waals surface area contributed by atoms with Crippen LogP contribution in [0.15, 0.2) is 42.5 Å². The number of hydrogen-bond acceptors (Lipinski definition) is 4. The van der Waals surface area contributed by atoms with Crippen LogP contribution in [0.4, 0.5) is 4.39 Å². The first-order valence-corrected chi connectivity index (χ1v) is 8.84. The Bertz CT molecular complexity index is 812. The fourth-order valence-electron chi connectivity index (χ4n) is 3.34. The van der Waals surface area contributed by atoms with Gasteiger partial charge in [0.25, 0.3) is 5.91 Å². The second-order valence-electron chi connectivity index (χ2n) is 6.56. The van der Waals surface area contributed by atoms with Gasteiger partial charge in [-0.15, -0.1) is 0 Å². The van der Waals surface area contributed by atoms with Crippen molar-refractivity contribution in [3.63, 3.8) is 0 Å². The van der Waals surface area contributed by atoms with E-state index in [9.17, 15) is 14.0 Å². The summed E-state index contributed by atoms with van der Waals surface area (Å²) in [5, 5.41) is 0. The molecule has 2 aromatic carbocycles. The topological polar surface area (TPSA) is 55.8 Å². The predicted octanol–water partition coefficient (Wildman–Crippen LogP) is 3.58. The Kier molecular flexibility index (Phi) is 5.74. The highest BCUT2D eigenvalue weighted by Crippen LogP contribution is 2.26. The van der Waals surface area contributed by atoms with Gasteiger partial charge in [0.2, 0.25) is 0 Å². The van der Waals surface area contributed by atoms with Gasteiger partial charge in [-0.2, -0.15) is 0 Å². The number of methoxy groups -OCH3 is 2. The third kappa shape index (κ3) is 4.27. The number of carbonyl (C=O) groups is 2. The predicted molar refractivity (Wildman–Crippen MR) is 98.9 cm³/mol. The first kappa shape index (κ1) is 18.9. The van der Waals surface area contributed by atoms with E-state index in [0.29, 0.717) is 42.1 Å². The van der Waals surface area contributed by atoms with Crippen molar-refractivity contribution in [2.24, 2.45) is 5.92 Å². The third-order valence-electron chi connectivity index (χ3n) is 4.81. The second-order valence-corrected chi connectivity index (χ2v) is 6.56. The van der Waals surface area contributed by atoms with Crippen LogP contribution >= 0.6 is 0 Å². The summed E-state index contributed by atoms with van der Waals surface area (Å²) in [5.74, 6) is 0.182. The molecule has 0 saturated carbocycles. The zero-order chi connectivity index (χ0) is 19.4. The lowest BCUT2D eigenvalue weighted by Gasteiger charge is -2.32. The number of ether oxygens (including phenoxy) is 2. The van der Waals surface area contributed by atoms with Crippen LogP contribution in [0.2, 0.25) is 0 Å². The van der Waals surface area contributed by atoms with Crippen molar-refractivity contribution < 1.29 is 23.5 Å². The molecule has 1 heterocycles. The number of Topliss-reactive ketones (excluding diaryl/α,β-unsaturated/α-hetero) is 1. The molecule has 0 bridgehead atoms. The molecule has 27 heavy (non-hydrogen) atoms. The van der Waals surface area contributed by atoms with Crippen LogP contribution in [-0.2, 0) is 0 Å². The number of carbonyl (C=O) groups excluding carboxylic acids is 2. The molecule has 2 aromatic rings. The number of ketones is 1. The molecule has 0 N–H and O–H groups in total. The summed E-state index contributed by atoms with van der Waals surface area (Å²) in [5.41, 5.74) is 0.930. The van der Waals surface area contributed by atoms with Gasteiger partial charge in [-0.05, 0) is 49.2 Å². The summed E-state index contributed by atoms with van der Waals surface area (Å²) in [7, 11) is 3.06. The molecule has 5 nitrogen and oxygen atoms in total. The van der Waals surface area contributed by atoms with Crippen molar-refractivity contribution in [2.45, 2.75) is 12.8 Å². The molecule has 1 aliphatic rings. The minimum atomic E-state index is -0.376. The van der Waals surface area contributed by atoms with Gasteiger partial charge in [0, 0.05) is 36.2 Å². The largest absolute Gasteiger partial charge is 0.497 e. The van der Waals surface area contributed by atoms with Crippen molar-refractivity contribution in [3.05, 3.63) is 59.4 Å². The Hall–Kier alpha value is -2.89. The van der Waals surface area contributed by atoms with Crippen molar-refractivity contribution in [3.8, 4) is 11.5 Å². The maximum atomic E-state index is 13.1. The first-order chi connectivity index (χ1) is 13.0. The number of benzene rings is 2. The van der Waals surface area contributed by atoms with E-state index in [1.807, 2.05) is 0 Å². The van der Waals surface area contributed by atoms with Crippen LogP contribution in [0.3, 0.4) is 0 Å². The Balaban J connectivity index is 1.76. The second kappa shape index (κ2) is 8.20. The van der Waals surface area contributed by atoms with Gasteiger partial charge in [-0.3, -0.25) is 9.59 Å². The average molecular weight is 371 g/mol. The van der Waals surface area contributed by atoms with Crippen LogP contribution in [0.1, 0.15) is 33.6 Å². The van der Waals surface area contributed by atoms with Crippen LogP contribution in [0.5, 0.6) is 11.5 Å². The highest BCUT2D eigenvalue weighted by Gasteiger charge is 2.29. The SMILES string of the molecule is COc1cc(OC)cc(C(=O)N2CCCC(C(=O)c3ccc(F)cc3)C2)c1. The van der Waals surface area contributed by atoms with E-state index >= 15 is 0 Å². The molecule has 1 unspecified atom stereocenters. The Morgan fingerprint density at radius 2 is 1.63 bits per heavy atom. The van der Waals surface area contributed by atoms with E-state index in [1.165, 1.54) is 38.5 Å². The highest BCUT2D eigenvalue weighted by molar-refractivity contribution is 5.99. The maximum absolute atomic E-state index is 13.1. The van der Waals surface area contributed by atoms with Gasteiger partial charge in [-0.25, -0.2) is 4.39 Å². The molecule has 0 aliphatic carbocycles. The fourth-order valence-corrected chi connectivity index (χ4v) is 3.34. The molecule has 0 radical (unpaired) electrons. The fraction of sp³-hybridized carbons (Fsp3) is 0.333. The molecule has 6 heteroatoms. The lowest BCUT2D eigenvalue weighted by molar-refractivity contribution is 0.0636. The summed E-state index contributed by atoms with van der Waals surface area (Å²) >= 11 is 0. The molecule has 1 saturated heterocycles. The minimum absolute atomic E-state index is 0.0595. The van der Waals surface area contributed by atoms with Crippen molar-refractivity contribution in [1.29, 1.82) is 0 Å². The number of rotatable bonds is 5. The Labute approximate surface area is 157 Å². The molecule has 1 atom stereocenters. The van der Waals surface area contributed by atoms with Gasteiger partial charge < -0.3 is 14.4 Å². The lowest BCUT2D eigenvalue weighted by atomic mass is 9.89. The summed E-state index contributed by atoms with van der Waals surface area (Å²) in [6, 6.07) is 10.6. The molecule has 142 valence electrons. The molecule has 0 aromatic heterocycles. The molecule has 1 amide bonds. The van der Waals surface area contributed by atoms with Crippen molar-refractivity contribution >= 4 is 11.7 Å². The quantitative estimate of drug-likeness (QED) is 0.754. The van der Waals surface area contributed by atoms with E-state index in [2.05, 4.69) is 0 Å². The summed E-state index contributed by atoms with van der Waals surface area (Å²) in [4.78, 5) is 27.3. The average Bonchev–Trinajstić information content (AvgIpc) is 2.72. The van der Waals surface area contributed by atoms with E-state index in [-0.39, 0.29) is 23.4 Å². The number of piperidine rings is 1. The lowest BCUT2D eigenvalue weighted by Crippen LogP contribution is -2.42. The Morgan fingerprint density at radius 1 is 1.00 bits per heavy atom. The maximum Gasteiger partial charge on any atom is 0.254 e. The van der Waals surface area contributed by atoms with Crippen molar-refractivity contribution in [1.82, 2.24) is 4.90 Å². The minimum Gasteiger partial charge on any atom is -0.497 e. The number of halogens is 1. The van der Waals surface area contributed by atoms with Crippen LogP contribution in [0, 0.1) is 11.7 Å². The molecular weight excluding hydrogens is 349 g/mol. The first-order valence-electron chi connectivity index (χ1n) is 8.84.